The second kappa shape index (κ2) is 9.02. The predicted molar refractivity (Wildman–Crippen MR) is 127 cm³/mol. The number of H-pyrrole nitrogens is 1. The minimum atomic E-state index is -0.551. The maximum atomic E-state index is 15.3. The Morgan fingerprint density at radius 3 is 2.56 bits per heavy atom. The number of anilines is 1. The topological polar surface area (TPSA) is 103 Å². The number of hydrogen-bond acceptors (Lipinski definition) is 6. The van der Waals surface area contributed by atoms with Crippen LogP contribution in [0.1, 0.15) is 28.9 Å². The Balaban J connectivity index is 1.28. The third-order valence-electron chi connectivity index (χ3n) is 6.65. The van der Waals surface area contributed by atoms with Crippen molar-refractivity contribution in [3.8, 4) is 0 Å². The van der Waals surface area contributed by atoms with Gasteiger partial charge in [0.2, 0.25) is 0 Å². The molecule has 3 heterocycles. The molecule has 1 aromatic carbocycles. The zero-order valence-electron chi connectivity index (χ0n) is 19.0. The predicted octanol–water partition coefficient (Wildman–Crippen LogP) is 1.32. The molecule has 5 rings (SSSR count). The molecular weight excluding hydrogens is 439 g/mol. The Morgan fingerprint density at radius 2 is 1.91 bits per heavy atom. The number of amides is 1. The van der Waals surface area contributed by atoms with Gasteiger partial charge in [-0.3, -0.25) is 19.1 Å². The molecule has 0 radical (unpaired) electrons. The highest BCUT2D eigenvalue weighted by atomic mass is 19.1. The number of fused-ring (bicyclic) bond motifs is 1. The monoisotopic (exact) mass is 466 g/mol. The SMILES string of the molecule is CNC(=O)c1ccc(N2CCN(Cc3ccc4c(=O)n(CC5CC5)c(=O)[nH]c4c3F)CC2)cn1. The lowest BCUT2D eigenvalue weighted by Crippen LogP contribution is -2.46. The number of hydrogen-bond donors (Lipinski definition) is 2. The summed E-state index contributed by atoms with van der Waals surface area (Å²) in [5.74, 6) is -0.401. The van der Waals surface area contributed by atoms with E-state index < -0.39 is 17.1 Å². The molecule has 178 valence electrons. The van der Waals surface area contributed by atoms with Crippen LogP contribution in [0.2, 0.25) is 0 Å². The summed E-state index contributed by atoms with van der Waals surface area (Å²) >= 11 is 0. The van der Waals surface area contributed by atoms with Crippen LogP contribution in [0.3, 0.4) is 0 Å². The van der Waals surface area contributed by atoms with Gasteiger partial charge < -0.3 is 15.2 Å². The Bertz CT molecular complexity index is 1340. The summed E-state index contributed by atoms with van der Waals surface area (Å²) in [4.78, 5) is 47.9. The van der Waals surface area contributed by atoms with E-state index in [1.54, 1.807) is 31.4 Å². The Kier molecular flexibility index (Phi) is 5.91. The summed E-state index contributed by atoms with van der Waals surface area (Å²) in [5.41, 5.74) is 0.761. The minimum absolute atomic E-state index is 0.0135. The third-order valence-corrected chi connectivity index (χ3v) is 6.65. The van der Waals surface area contributed by atoms with Crippen molar-refractivity contribution in [2.45, 2.75) is 25.9 Å². The van der Waals surface area contributed by atoms with E-state index in [1.165, 1.54) is 4.57 Å². The number of halogens is 1. The van der Waals surface area contributed by atoms with Gasteiger partial charge in [0.25, 0.3) is 11.5 Å². The molecule has 2 N–H and O–H groups in total. The highest BCUT2D eigenvalue weighted by Gasteiger charge is 2.25. The van der Waals surface area contributed by atoms with Crippen molar-refractivity contribution in [1.29, 1.82) is 0 Å². The van der Waals surface area contributed by atoms with Crippen LogP contribution in [0.15, 0.2) is 40.1 Å². The average Bonchev–Trinajstić information content (AvgIpc) is 3.68. The Labute approximate surface area is 195 Å². The van der Waals surface area contributed by atoms with Crippen LogP contribution in [0.5, 0.6) is 0 Å². The molecule has 1 aliphatic heterocycles. The van der Waals surface area contributed by atoms with Crippen LogP contribution in [0.25, 0.3) is 10.9 Å². The maximum Gasteiger partial charge on any atom is 0.328 e. The van der Waals surface area contributed by atoms with Gasteiger partial charge in [0, 0.05) is 51.9 Å². The molecule has 1 saturated heterocycles. The summed E-state index contributed by atoms with van der Waals surface area (Å²) in [6.07, 6.45) is 3.72. The third kappa shape index (κ3) is 4.33. The molecule has 1 saturated carbocycles. The van der Waals surface area contributed by atoms with Gasteiger partial charge in [-0.05, 0) is 37.0 Å². The molecule has 3 aromatic rings. The van der Waals surface area contributed by atoms with Crippen LogP contribution in [0.4, 0.5) is 10.1 Å². The molecule has 10 heteroatoms. The van der Waals surface area contributed by atoms with Gasteiger partial charge in [0.1, 0.15) is 5.69 Å². The van der Waals surface area contributed by atoms with E-state index in [0.717, 1.165) is 31.6 Å². The molecule has 0 spiro atoms. The summed E-state index contributed by atoms with van der Waals surface area (Å²) < 4.78 is 16.5. The zero-order valence-corrected chi connectivity index (χ0v) is 19.0. The van der Waals surface area contributed by atoms with Gasteiger partial charge in [0.15, 0.2) is 5.82 Å². The molecule has 0 bridgehead atoms. The normalized spacial score (nSPS) is 16.7. The van der Waals surface area contributed by atoms with Crippen LogP contribution in [-0.4, -0.2) is 58.6 Å². The molecule has 1 aliphatic carbocycles. The van der Waals surface area contributed by atoms with E-state index in [9.17, 15) is 14.4 Å². The highest BCUT2D eigenvalue weighted by Crippen LogP contribution is 2.29. The lowest BCUT2D eigenvalue weighted by molar-refractivity contribution is 0.0958. The molecule has 0 atom stereocenters. The first-order valence-electron chi connectivity index (χ1n) is 11.5. The fourth-order valence-electron chi connectivity index (χ4n) is 4.42. The number of nitrogens with one attached hydrogen (secondary N) is 2. The van der Waals surface area contributed by atoms with Gasteiger partial charge in [-0.25, -0.2) is 14.2 Å². The quantitative estimate of drug-likeness (QED) is 0.568. The van der Waals surface area contributed by atoms with E-state index in [0.29, 0.717) is 43.4 Å². The van der Waals surface area contributed by atoms with Gasteiger partial charge in [-0.1, -0.05) is 6.07 Å². The van der Waals surface area contributed by atoms with E-state index in [4.69, 9.17) is 0 Å². The number of nitrogens with zero attached hydrogens (tertiary/aromatic N) is 4. The van der Waals surface area contributed by atoms with Crippen LogP contribution in [0, 0.1) is 11.7 Å². The van der Waals surface area contributed by atoms with Gasteiger partial charge in [-0.15, -0.1) is 0 Å². The van der Waals surface area contributed by atoms with Crippen LogP contribution >= 0.6 is 0 Å². The number of benzene rings is 1. The fourth-order valence-corrected chi connectivity index (χ4v) is 4.42. The van der Waals surface area contributed by atoms with E-state index in [2.05, 4.69) is 25.1 Å². The Morgan fingerprint density at radius 1 is 1.15 bits per heavy atom. The van der Waals surface area contributed by atoms with Crippen LogP contribution < -0.4 is 21.5 Å². The molecule has 1 amide bonds. The van der Waals surface area contributed by atoms with Gasteiger partial charge in [-0.2, -0.15) is 0 Å². The molecule has 34 heavy (non-hydrogen) atoms. The largest absolute Gasteiger partial charge is 0.368 e. The smallest absolute Gasteiger partial charge is 0.328 e. The van der Waals surface area contributed by atoms with Crippen molar-refractivity contribution in [1.82, 2.24) is 24.8 Å². The summed E-state index contributed by atoms with van der Waals surface area (Å²) in [6.45, 7) is 3.68. The van der Waals surface area contributed by atoms with Crippen LogP contribution in [-0.2, 0) is 13.1 Å². The summed E-state index contributed by atoms with van der Waals surface area (Å²) in [5, 5.41) is 2.76. The van der Waals surface area contributed by atoms with Crippen molar-refractivity contribution in [2.24, 2.45) is 5.92 Å². The number of aromatic amines is 1. The molecule has 2 aromatic heterocycles. The number of carbonyl (C=O) groups excluding carboxylic acids is 1. The average molecular weight is 467 g/mol. The molecule has 0 unspecified atom stereocenters. The van der Waals surface area contributed by atoms with E-state index in [1.807, 2.05) is 6.07 Å². The first kappa shape index (κ1) is 22.3. The second-order valence-corrected chi connectivity index (χ2v) is 8.99. The van der Waals surface area contributed by atoms with Crippen molar-refractivity contribution >= 4 is 22.5 Å². The summed E-state index contributed by atoms with van der Waals surface area (Å²) in [7, 11) is 1.57. The zero-order chi connectivity index (χ0) is 23.8. The molecule has 2 fully saturated rings. The second-order valence-electron chi connectivity index (χ2n) is 8.99. The summed E-state index contributed by atoms with van der Waals surface area (Å²) in [6, 6.07) is 6.84. The number of pyridine rings is 1. The molecule has 2 aliphatic rings. The van der Waals surface area contributed by atoms with Crippen molar-refractivity contribution in [3.05, 3.63) is 68.4 Å². The molecule has 9 nitrogen and oxygen atoms in total. The van der Waals surface area contributed by atoms with Crippen molar-refractivity contribution < 1.29 is 9.18 Å². The number of piperazine rings is 1. The van der Waals surface area contributed by atoms with Gasteiger partial charge >= 0.3 is 5.69 Å². The van der Waals surface area contributed by atoms with E-state index in [-0.39, 0.29) is 16.8 Å². The standard InChI is InChI=1S/C24H27FN6O3/c1-26-22(32)19-7-5-17(12-27-19)30-10-8-29(9-11-30)14-16-4-6-18-21(20(16)25)28-24(34)31(23(18)33)13-15-2-3-15/h4-7,12,15H,2-3,8-11,13-14H2,1H3,(H,26,32)(H,28,34). The number of rotatable bonds is 6. The molecular formula is C24H27FN6O3. The minimum Gasteiger partial charge on any atom is -0.368 e. The maximum absolute atomic E-state index is 15.3. The van der Waals surface area contributed by atoms with Crippen molar-refractivity contribution in [2.75, 3.05) is 38.1 Å². The van der Waals surface area contributed by atoms with E-state index >= 15 is 4.39 Å². The fraction of sp³-hybridized carbons (Fsp3) is 0.417. The van der Waals surface area contributed by atoms with Gasteiger partial charge in [0.05, 0.1) is 22.8 Å². The first-order chi connectivity index (χ1) is 16.4. The number of carbonyl (C=O) groups is 1. The first-order valence-corrected chi connectivity index (χ1v) is 11.5. The lowest BCUT2D eigenvalue weighted by Gasteiger charge is -2.36. The number of aromatic nitrogens is 3. The van der Waals surface area contributed by atoms with Crippen molar-refractivity contribution in [3.63, 3.8) is 0 Å². The lowest BCUT2D eigenvalue weighted by atomic mass is 10.1. The highest BCUT2D eigenvalue weighted by molar-refractivity contribution is 5.92. The Hall–Kier alpha value is -3.53.